The summed E-state index contributed by atoms with van der Waals surface area (Å²) in [5.41, 5.74) is 5.12. The maximum Gasteiger partial charge on any atom is 0.218 e. The molecule has 3 nitrogen and oxygen atoms in total. The van der Waals surface area contributed by atoms with E-state index in [4.69, 9.17) is 5.73 Å². The van der Waals surface area contributed by atoms with Crippen molar-refractivity contribution in [2.45, 2.75) is 39.7 Å². The Morgan fingerprint density at radius 1 is 1.50 bits per heavy atom. The smallest absolute Gasteiger partial charge is 0.218 e. The minimum atomic E-state index is -0.221. The van der Waals surface area contributed by atoms with Crippen molar-refractivity contribution >= 4 is 5.91 Å². The van der Waals surface area contributed by atoms with Gasteiger partial charge in [-0.1, -0.05) is 20.8 Å². The first kappa shape index (κ1) is 11.4. The maximum atomic E-state index is 10.6. The van der Waals surface area contributed by atoms with Gasteiger partial charge >= 0.3 is 0 Å². The topological polar surface area (TPSA) is 55.1 Å². The van der Waals surface area contributed by atoms with E-state index in [9.17, 15) is 4.79 Å². The van der Waals surface area contributed by atoms with Crippen molar-refractivity contribution in [2.24, 2.45) is 11.7 Å². The summed E-state index contributed by atoms with van der Waals surface area (Å²) in [6, 6.07) is 0.257. The molecule has 3 heteroatoms. The van der Waals surface area contributed by atoms with Crippen molar-refractivity contribution in [3.05, 3.63) is 0 Å². The molecular formula is C9H20N2O. The lowest BCUT2D eigenvalue weighted by Crippen LogP contribution is -2.34. The van der Waals surface area contributed by atoms with Gasteiger partial charge in [-0.3, -0.25) is 4.79 Å². The molecule has 0 radical (unpaired) electrons. The Balaban J connectivity index is 3.77. The first-order valence-corrected chi connectivity index (χ1v) is 4.58. The molecule has 0 heterocycles. The van der Waals surface area contributed by atoms with Crippen LogP contribution >= 0.6 is 0 Å². The van der Waals surface area contributed by atoms with Crippen molar-refractivity contribution in [3.63, 3.8) is 0 Å². The second-order valence-corrected chi connectivity index (χ2v) is 3.55. The molecule has 1 amide bonds. The van der Waals surface area contributed by atoms with Crippen LogP contribution in [0.2, 0.25) is 0 Å². The molecule has 0 aromatic heterocycles. The van der Waals surface area contributed by atoms with Crippen molar-refractivity contribution in [2.75, 3.05) is 6.54 Å². The highest BCUT2D eigenvalue weighted by Gasteiger charge is 2.11. The third-order valence-corrected chi connectivity index (χ3v) is 1.70. The van der Waals surface area contributed by atoms with Crippen molar-refractivity contribution in [1.82, 2.24) is 5.32 Å². The molecule has 3 N–H and O–H groups in total. The highest BCUT2D eigenvalue weighted by atomic mass is 16.1. The highest BCUT2D eigenvalue weighted by Crippen LogP contribution is 2.07. The molecule has 0 aliphatic carbocycles. The third kappa shape index (κ3) is 6.16. The van der Waals surface area contributed by atoms with Crippen LogP contribution in [0, 0.1) is 5.92 Å². The average molecular weight is 172 g/mol. The number of rotatable bonds is 6. The van der Waals surface area contributed by atoms with E-state index in [1.165, 1.54) is 0 Å². The van der Waals surface area contributed by atoms with Crippen LogP contribution in [-0.2, 0) is 4.79 Å². The zero-order valence-electron chi connectivity index (χ0n) is 8.26. The Kier molecular flexibility index (Phi) is 5.72. The van der Waals surface area contributed by atoms with Crippen molar-refractivity contribution in [1.29, 1.82) is 0 Å². The maximum absolute atomic E-state index is 10.6. The zero-order chi connectivity index (χ0) is 9.56. The Morgan fingerprint density at radius 3 is 2.42 bits per heavy atom. The van der Waals surface area contributed by atoms with Gasteiger partial charge in [0.05, 0.1) is 0 Å². The van der Waals surface area contributed by atoms with E-state index in [1.807, 2.05) is 6.92 Å². The summed E-state index contributed by atoms with van der Waals surface area (Å²) in [7, 11) is 0. The molecule has 72 valence electrons. The Bertz CT molecular complexity index is 134. The molecule has 1 atom stereocenters. The molecule has 0 aromatic carbocycles. The number of primary amides is 1. The fourth-order valence-electron chi connectivity index (χ4n) is 1.34. The first-order chi connectivity index (χ1) is 5.56. The predicted octanol–water partition coefficient (Wildman–Crippen LogP) is 0.886. The van der Waals surface area contributed by atoms with Gasteiger partial charge in [-0.25, -0.2) is 0 Å². The van der Waals surface area contributed by atoms with Crippen LogP contribution < -0.4 is 11.1 Å². The third-order valence-electron chi connectivity index (χ3n) is 1.70. The summed E-state index contributed by atoms with van der Waals surface area (Å²) in [6.45, 7) is 7.22. The van der Waals surface area contributed by atoms with Crippen LogP contribution in [0.1, 0.15) is 33.6 Å². The molecule has 0 fully saturated rings. The Morgan fingerprint density at radius 2 is 2.08 bits per heavy atom. The van der Waals surface area contributed by atoms with E-state index in [0.29, 0.717) is 12.3 Å². The van der Waals surface area contributed by atoms with Crippen LogP contribution in [0.5, 0.6) is 0 Å². The second-order valence-electron chi connectivity index (χ2n) is 3.55. The van der Waals surface area contributed by atoms with Crippen LogP contribution in [0.3, 0.4) is 0 Å². The van der Waals surface area contributed by atoms with Gasteiger partial charge in [0.15, 0.2) is 0 Å². The molecule has 0 saturated carbocycles. The minimum Gasteiger partial charge on any atom is -0.370 e. The number of hydrogen-bond donors (Lipinski definition) is 2. The van der Waals surface area contributed by atoms with Crippen molar-refractivity contribution in [3.8, 4) is 0 Å². The molecule has 0 aromatic rings. The number of amides is 1. The SMILES string of the molecule is CCNC(CC(N)=O)CC(C)C. The summed E-state index contributed by atoms with van der Waals surface area (Å²) in [5, 5.41) is 3.24. The first-order valence-electron chi connectivity index (χ1n) is 4.58. The second kappa shape index (κ2) is 6.00. The summed E-state index contributed by atoms with van der Waals surface area (Å²) < 4.78 is 0. The fraction of sp³-hybridized carbons (Fsp3) is 0.889. The van der Waals surface area contributed by atoms with E-state index in [1.54, 1.807) is 0 Å². The van der Waals surface area contributed by atoms with Crippen LogP contribution in [-0.4, -0.2) is 18.5 Å². The van der Waals surface area contributed by atoms with E-state index >= 15 is 0 Å². The summed E-state index contributed by atoms with van der Waals surface area (Å²) in [4.78, 5) is 10.6. The number of carbonyl (C=O) groups excluding carboxylic acids is 1. The summed E-state index contributed by atoms with van der Waals surface area (Å²) >= 11 is 0. The van der Waals surface area contributed by atoms with Gasteiger partial charge in [0.25, 0.3) is 0 Å². The predicted molar refractivity (Wildman–Crippen MR) is 50.7 cm³/mol. The van der Waals surface area contributed by atoms with Crippen molar-refractivity contribution < 1.29 is 4.79 Å². The largest absolute Gasteiger partial charge is 0.370 e. The standard InChI is InChI=1S/C9H20N2O/c1-4-11-8(5-7(2)3)6-9(10)12/h7-8,11H,4-6H2,1-3H3,(H2,10,12). The van der Waals surface area contributed by atoms with Gasteiger partial charge in [-0.05, 0) is 18.9 Å². The van der Waals surface area contributed by atoms with Gasteiger partial charge < -0.3 is 11.1 Å². The molecular weight excluding hydrogens is 152 g/mol. The average Bonchev–Trinajstić information content (AvgIpc) is 1.84. The zero-order valence-corrected chi connectivity index (χ0v) is 8.26. The van der Waals surface area contributed by atoms with Gasteiger partial charge in [0.2, 0.25) is 5.91 Å². The quantitative estimate of drug-likeness (QED) is 0.625. The van der Waals surface area contributed by atoms with Gasteiger partial charge in [0, 0.05) is 12.5 Å². The van der Waals surface area contributed by atoms with E-state index < -0.39 is 0 Å². The minimum absolute atomic E-state index is 0.221. The van der Waals surface area contributed by atoms with Gasteiger partial charge in [-0.15, -0.1) is 0 Å². The lowest BCUT2D eigenvalue weighted by atomic mass is 10.0. The lowest BCUT2D eigenvalue weighted by Gasteiger charge is -2.17. The van der Waals surface area contributed by atoms with Crippen LogP contribution in [0.25, 0.3) is 0 Å². The molecule has 0 rings (SSSR count). The highest BCUT2D eigenvalue weighted by molar-refractivity contribution is 5.74. The number of hydrogen-bond acceptors (Lipinski definition) is 2. The van der Waals surface area contributed by atoms with Gasteiger partial charge in [0.1, 0.15) is 0 Å². The molecule has 12 heavy (non-hydrogen) atoms. The molecule has 0 saturated heterocycles. The molecule has 1 unspecified atom stereocenters. The van der Waals surface area contributed by atoms with Crippen LogP contribution in [0.4, 0.5) is 0 Å². The van der Waals surface area contributed by atoms with E-state index in [-0.39, 0.29) is 11.9 Å². The summed E-state index contributed by atoms with van der Waals surface area (Å²) in [6.07, 6.45) is 1.46. The van der Waals surface area contributed by atoms with E-state index in [0.717, 1.165) is 13.0 Å². The normalized spacial score (nSPS) is 13.3. The Labute approximate surface area is 74.7 Å². The number of nitrogens with two attached hydrogens (primary N) is 1. The number of carbonyl (C=O) groups is 1. The van der Waals surface area contributed by atoms with Gasteiger partial charge in [-0.2, -0.15) is 0 Å². The van der Waals surface area contributed by atoms with E-state index in [2.05, 4.69) is 19.2 Å². The Hall–Kier alpha value is -0.570. The summed E-state index contributed by atoms with van der Waals surface area (Å²) in [5.74, 6) is 0.384. The number of nitrogens with one attached hydrogen (secondary N) is 1. The monoisotopic (exact) mass is 172 g/mol. The molecule has 0 spiro atoms. The molecule has 0 bridgehead atoms. The molecule has 0 aliphatic rings. The fourth-order valence-corrected chi connectivity index (χ4v) is 1.34. The lowest BCUT2D eigenvalue weighted by molar-refractivity contribution is -0.118. The molecule has 0 aliphatic heterocycles. The van der Waals surface area contributed by atoms with Crippen LogP contribution in [0.15, 0.2) is 0 Å².